The van der Waals surface area contributed by atoms with Crippen molar-refractivity contribution in [2.45, 2.75) is 230 Å². The van der Waals surface area contributed by atoms with E-state index in [0.29, 0.717) is 0 Å². The van der Waals surface area contributed by atoms with Gasteiger partial charge in [-0.1, -0.05) is 152 Å². The third kappa shape index (κ3) is 6.61. The van der Waals surface area contributed by atoms with Crippen molar-refractivity contribution < 1.29 is 0 Å². The molecule has 3 nitrogen and oxygen atoms in total. The molecule has 4 unspecified atom stereocenters. The van der Waals surface area contributed by atoms with Gasteiger partial charge in [-0.25, -0.2) is 0 Å². The van der Waals surface area contributed by atoms with Crippen LogP contribution < -0.4 is 30.4 Å². The molecule has 0 saturated heterocycles. The molecule has 406 valence electrons. The van der Waals surface area contributed by atoms with E-state index in [4.69, 9.17) is 0 Å². The lowest BCUT2D eigenvalue weighted by molar-refractivity contribution is 0.195. The van der Waals surface area contributed by atoms with Gasteiger partial charge in [0.05, 0.1) is 11.2 Å². The van der Waals surface area contributed by atoms with Gasteiger partial charge >= 0.3 is 0 Å². The predicted molar refractivity (Wildman–Crippen MR) is 341 cm³/mol. The summed E-state index contributed by atoms with van der Waals surface area (Å²) in [7, 11) is 0. The number of hydrogen-bond acceptors (Lipinski definition) is 4. The number of fused-ring (bicyclic) bond motifs is 16. The molecule has 0 spiro atoms. The molecule has 4 heterocycles. The van der Waals surface area contributed by atoms with Crippen molar-refractivity contribution in [3.8, 4) is 0 Å². The van der Waals surface area contributed by atoms with Crippen LogP contribution in [0.5, 0.6) is 0 Å². The van der Waals surface area contributed by atoms with E-state index in [1.54, 1.807) is 11.1 Å². The predicted octanol–water partition coefficient (Wildman–Crippen LogP) is 18.7. The Labute approximate surface area is 478 Å². The second-order valence-corrected chi connectivity index (χ2v) is 32.7. The van der Waals surface area contributed by atoms with E-state index < -0.39 is 0 Å². The summed E-state index contributed by atoms with van der Waals surface area (Å²) in [4.78, 5) is 8.53. The van der Waals surface area contributed by atoms with E-state index in [-0.39, 0.29) is 55.6 Å². The Balaban J connectivity index is 1.10. The van der Waals surface area contributed by atoms with Crippen molar-refractivity contribution in [2.24, 2.45) is 0 Å². The zero-order chi connectivity index (χ0) is 55.3. The summed E-state index contributed by atoms with van der Waals surface area (Å²) in [6, 6.07) is 41.2. The number of thiophene rings is 1. The van der Waals surface area contributed by atoms with Crippen LogP contribution in [-0.2, 0) is 43.3 Å². The Bertz CT molecular complexity index is 3840. The molecule has 2 bridgehead atoms. The Hall–Kier alpha value is -5.26. The lowest BCUT2D eigenvalue weighted by Gasteiger charge is -2.51. The molecule has 7 aromatic rings. The fourth-order valence-electron chi connectivity index (χ4n) is 18.4. The van der Waals surface area contributed by atoms with Gasteiger partial charge in [-0.3, -0.25) is 0 Å². The third-order valence-electron chi connectivity index (χ3n) is 23.7. The summed E-state index contributed by atoms with van der Waals surface area (Å²) in [5.41, 5.74) is 27.8. The molecule has 8 aliphatic rings. The molecular formula is C74H86BN3S. The fourth-order valence-corrected chi connectivity index (χ4v) is 19.8. The van der Waals surface area contributed by atoms with E-state index in [2.05, 4.69) is 234 Å². The maximum absolute atomic E-state index is 2.88. The first-order chi connectivity index (χ1) is 37.1. The van der Waals surface area contributed by atoms with Crippen LogP contribution in [-0.4, -0.2) is 12.3 Å². The van der Waals surface area contributed by atoms with Gasteiger partial charge in [0.1, 0.15) is 0 Å². The minimum absolute atomic E-state index is 0.0126. The van der Waals surface area contributed by atoms with E-state index in [1.807, 2.05) is 0 Å². The first-order valence-corrected chi connectivity index (χ1v) is 31.7. The zero-order valence-corrected chi connectivity index (χ0v) is 51.7. The molecule has 2 fully saturated rings. The molecule has 3 aliphatic heterocycles. The van der Waals surface area contributed by atoms with E-state index >= 15 is 0 Å². The molecule has 2 saturated carbocycles. The third-order valence-corrected chi connectivity index (χ3v) is 24.9. The summed E-state index contributed by atoms with van der Waals surface area (Å²) >= 11 is 2.11. The molecule has 15 rings (SSSR count). The van der Waals surface area contributed by atoms with Crippen LogP contribution in [0.2, 0.25) is 0 Å². The number of nitrogens with zero attached hydrogens (tertiary/aromatic N) is 3. The molecule has 5 heteroatoms. The summed E-state index contributed by atoms with van der Waals surface area (Å²) in [5, 5.41) is 1.44. The summed E-state index contributed by atoms with van der Waals surface area (Å²) in [6.45, 7) is 40.1. The van der Waals surface area contributed by atoms with Gasteiger partial charge in [-0.2, -0.15) is 0 Å². The highest BCUT2D eigenvalue weighted by Crippen LogP contribution is 2.65. The van der Waals surface area contributed by atoms with Crippen molar-refractivity contribution >= 4 is 89.3 Å². The summed E-state index contributed by atoms with van der Waals surface area (Å²) in [5.74, 6) is 0. The lowest BCUT2D eigenvalue weighted by atomic mass is 9.36. The standard InChI is InChI=1S/C74H86BN3S/c1-44-35-51-53(70(11,12)32-31-68(51,7)8)41-58(44)77-59-36-45(66(2,3)4)23-26-56(59)75-63-60(38-47(39-61(63)77)78-57-22-18-17-21-50(57)73(15)27-19-20-28-74(73,78)16)76(46-24-25-49-52(37-46)69(9,10)30-29-67(49,5)6)64-48-40-54-55(42-62(48)79-65(64)75)72(14)34-33-71(54,13)43-72/h17-18,21-26,35-42H,19-20,27-34,43H2,1-16H3. The van der Waals surface area contributed by atoms with Crippen LogP contribution in [0.25, 0.3) is 10.1 Å². The average molecular weight is 1060 g/mol. The number of aryl methyl sites for hydroxylation is 1. The van der Waals surface area contributed by atoms with E-state index in [9.17, 15) is 0 Å². The number of anilines is 8. The molecule has 0 N–H and O–H groups in total. The lowest BCUT2D eigenvalue weighted by Crippen LogP contribution is -2.61. The molecule has 6 aromatic carbocycles. The molecule has 5 aliphatic carbocycles. The number of hydrogen-bond donors (Lipinski definition) is 0. The normalized spacial score (nSPS) is 27.7. The maximum atomic E-state index is 2.88. The van der Waals surface area contributed by atoms with Crippen LogP contribution >= 0.6 is 11.3 Å². The number of rotatable bonds is 3. The largest absolute Gasteiger partial charge is 0.334 e. The van der Waals surface area contributed by atoms with E-state index in [0.717, 1.165) is 6.42 Å². The highest BCUT2D eigenvalue weighted by Gasteiger charge is 2.59. The SMILES string of the molecule is Cc1cc2c(cc1N1c3cc(C(C)(C)C)ccc3B3c4sc5cc6c(cc5c4N(c4ccc5c(c4)C(C)(C)CCC5(C)C)c4cc(N5c7ccccc7C7(C)CCCCC57C)cc1c43)C1(C)CCC6(C)C1)C(C)(C)CCC2(C)C. The Morgan fingerprint density at radius 2 is 1.09 bits per heavy atom. The molecule has 0 radical (unpaired) electrons. The fraction of sp³-hybridized carbons (Fsp3) is 0.486. The van der Waals surface area contributed by atoms with Gasteiger partial charge in [-0.15, -0.1) is 11.3 Å². The Morgan fingerprint density at radius 1 is 0.481 bits per heavy atom. The van der Waals surface area contributed by atoms with Gasteiger partial charge in [0, 0.05) is 60.1 Å². The quantitative estimate of drug-likeness (QED) is 0.163. The van der Waals surface area contributed by atoms with Crippen LogP contribution in [0.1, 0.15) is 225 Å². The second kappa shape index (κ2) is 15.6. The summed E-state index contributed by atoms with van der Waals surface area (Å²) in [6.07, 6.45) is 13.5. The van der Waals surface area contributed by atoms with Crippen molar-refractivity contribution in [2.75, 3.05) is 14.7 Å². The number of benzene rings is 6. The van der Waals surface area contributed by atoms with Crippen LogP contribution in [0.15, 0.2) is 97.1 Å². The minimum atomic E-state index is -0.115. The molecule has 1 aromatic heterocycles. The zero-order valence-electron chi connectivity index (χ0n) is 50.8. The number of para-hydroxylation sites is 1. The highest BCUT2D eigenvalue weighted by atomic mass is 32.1. The Morgan fingerprint density at radius 3 is 1.77 bits per heavy atom. The van der Waals surface area contributed by atoms with Crippen LogP contribution in [0.3, 0.4) is 0 Å². The van der Waals surface area contributed by atoms with Crippen molar-refractivity contribution in [3.05, 3.63) is 147 Å². The molecule has 0 amide bonds. The molecular weight excluding hydrogens is 974 g/mol. The van der Waals surface area contributed by atoms with Gasteiger partial charge < -0.3 is 14.7 Å². The van der Waals surface area contributed by atoms with Crippen molar-refractivity contribution in [1.82, 2.24) is 0 Å². The van der Waals surface area contributed by atoms with Crippen LogP contribution in [0, 0.1) is 6.92 Å². The monoisotopic (exact) mass is 1060 g/mol. The Kier molecular flexibility index (Phi) is 10.0. The smallest absolute Gasteiger partial charge is 0.264 e. The van der Waals surface area contributed by atoms with Crippen LogP contribution in [0.4, 0.5) is 45.5 Å². The van der Waals surface area contributed by atoms with E-state index in [1.165, 1.54) is 174 Å². The maximum Gasteiger partial charge on any atom is 0.264 e. The topological polar surface area (TPSA) is 9.72 Å². The average Bonchev–Trinajstić information content (AvgIpc) is 3.34. The molecule has 4 atom stereocenters. The first kappa shape index (κ1) is 50.7. The van der Waals surface area contributed by atoms with Crippen molar-refractivity contribution in [1.29, 1.82) is 0 Å². The van der Waals surface area contributed by atoms with Gasteiger partial charge in [0.2, 0.25) is 0 Å². The highest BCUT2D eigenvalue weighted by molar-refractivity contribution is 7.33. The van der Waals surface area contributed by atoms with Gasteiger partial charge in [0.15, 0.2) is 0 Å². The van der Waals surface area contributed by atoms with Gasteiger partial charge in [-0.05, 0) is 225 Å². The van der Waals surface area contributed by atoms with Crippen molar-refractivity contribution in [3.63, 3.8) is 0 Å². The minimum Gasteiger partial charge on any atom is -0.334 e. The first-order valence-electron chi connectivity index (χ1n) is 30.8. The summed E-state index contributed by atoms with van der Waals surface area (Å²) < 4.78 is 2.94. The van der Waals surface area contributed by atoms with Gasteiger partial charge in [0.25, 0.3) is 6.71 Å². The molecule has 79 heavy (non-hydrogen) atoms. The second-order valence-electron chi connectivity index (χ2n) is 31.6.